The van der Waals surface area contributed by atoms with Crippen LogP contribution in [0.5, 0.6) is 0 Å². The molecule has 1 saturated heterocycles. The van der Waals surface area contributed by atoms with Gasteiger partial charge in [0.1, 0.15) is 5.82 Å². The molecule has 3 nitrogen and oxygen atoms in total. The molecule has 1 aliphatic heterocycles. The van der Waals surface area contributed by atoms with Crippen molar-refractivity contribution in [3.05, 3.63) is 30.1 Å². The topological polar surface area (TPSA) is 33.5 Å². The van der Waals surface area contributed by atoms with E-state index in [1.54, 1.807) is 12.1 Å². The van der Waals surface area contributed by atoms with Crippen molar-refractivity contribution in [2.24, 2.45) is 0 Å². The Morgan fingerprint density at radius 3 is 3.00 bits per heavy atom. The van der Waals surface area contributed by atoms with Gasteiger partial charge in [0, 0.05) is 10.6 Å². The highest BCUT2D eigenvalue weighted by atomic mass is 32.2. The lowest BCUT2D eigenvalue weighted by Crippen LogP contribution is -3.15. The maximum Gasteiger partial charge on any atom is 0.275 e. The van der Waals surface area contributed by atoms with Gasteiger partial charge in [-0.2, -0.15) is 0 Å². The summed E-state index contributed by atoms with van der Waals surface area (Å²) < 4.78 is 13.3. The highest BCUT2D eigenvalue weighted by Crippen LogP contribution is 2.19. The van der Waals surface area contributed by atoms with Gasteiger partial charge in [-0.25, -0.2) is 4.39 Å². The molecule has 17 heavy (non-hydrogen) atoms. The second-order valence-corrected chi connectivity index (χ2v) is 5.19. The van der Waals surface area contributed by atoms with Crippen LogP contribution in [0.25, 0.3) is 0 Å². The molecule has 0 spiro atoms. The lowest BCUT2D eigenvalue weighted by atomic mass is 10.3. The standard InChI is InChI=1S/C12H15FN2OS/c13-10-3-1-2-4-11(10)17-8-7-15-6-5-14-12(16)9-15/h1-4H,5-9H2,(H,14,16)/p+1. The van der Waals surface area contributed by atoms with Crippen LogP contribution in [-0.4, -0.2) is 37.8 Å². The third kappa shape index (κ3) is 3.71. The van der Waals surface area contributed by atoms with E-state index in [0.717, 1.165) is 25.4 Å². The number of thioether (sulfide) groups is 1. The van der Waals surface area contributed by atoms with E-state index in [4.69, 9.17) is 0 Å². The van der Waals surface area contributed by atoms with Gasteiger partial charge >= 0.3 is 0 Å². The van der Waals surface area contributed by atoms with Crippen molar-refractivity contribution >= 4 is 17.7 Å². The first-order valence-corrected chi connectivity index (χ1v) is 6.72. The number of piperazine rings is 1. The van der Waals surface area contributed by atoms with Gasteiger partial charge in [-0.3, -0.25) is 4.79 Å². The second-order valence-electron chi connectivity index (χ2n) is 4.06. The van der Waals surface area contributed by atoms with Crippen molar-refractivity contribution in [1.29, 1.82) is 0 Å². The van der Waals surface area contributed by atoms with Crippen molar-refractivity contribution in [1.82, 2.24) is 5.32 Å². The number of carbonyl (C=O) groups is 1. The lowest BCUT2D eigenvalue weighted by Gasteiger charge is -2.23. The summed E-state index contributed by atoms with van der Waals surface area (Å²) in [6.45, 7) is 3.15. The molecule has 0 saturated carbocycles. The number of carbonyl (C=O) groups excluding carboxylic acids is 1. The number of quaternary nitrogens is 1. The maximum absolute atomic E-state index is 13.3. The lowest BCUT2D eigenvalue weighted by molar-refractivity contribution is -0.890. The molecule has 1 aromatic carbocycles. The number of rotatable bonds is 4. The molecule has 2 N–H and O–H groups in total. The van der Waals surface area contributed by atoms with Crippen molar-refractivity contribution in [3.63, 3.8) is 0 Å². The van der Waals surface area contributed by atoms with Crippen LogP contribution < -0.4 is 10.2 Å². The quantitative estimate of drug-likeness (QED) is 0.739. The third-order valence-electron chi connectivity index (χ3n) is 2.76. The van der Waals surface area contributed by atoms with Gasteiger partial charge in [0.2, 0.25) is 0 Å². The molecule has 1 aromatic rings. The molecule has 92 valence electrons. The van der Waals surface area contributed by atoms with Crippen molar-refractivity contribution in [2.75, 3.05) is 31.9 Å². The number of halogens is 1. The molecule has 1 fully saturated rings. The van der Waals surface area contributed by atoms with E-state index in [1.165, 1.54) is 22.7 Å². The summed E-state index contributed by atoms with van der Waals surface area (Å²) >= 11 is 1.51. The van der Waals surface area contributed by atoms with Gasteiger partial charge < -0.3 is 10.2 Å². The Labute approximate surface area is 104 Å². The molecule has 0 aliphatic carbocycles. The molecule has 1 amide bonds. The van der Waals surface area contributed by atoms with E-state index < -0.39 is 0 Å². The average Bonchev–Trinajstić information content (AvgIpc) is 2.32. The van der Waals surface area contributed by atoms with E-state index in [-0.39, 0.29) is 11.7 Å². The Balaban J connectivity index is 1.76. The molecule has 5 heteroatoms. The molecule has 0 aromatic heterocycles. The largest absolute Gasteiger partial charge is 0.346 e. The second kappa shape index (κ2) is 6.02. The van der Waals surface area contributed by atoms with Gasteiger partial charge in [0.05, 0.1) is 19.6 Å². The predicted octanol–water partition coefficient (Wildman–Crippen LogP) is -0.0675. The summed E-state index contributed by atoms with van der Waals surface area (Å²) in [5.74, 6) is 0.787. The van der Waals surface area contributed by atoms with Crippen LogP contribution in [0.1, 0.15) is 0 Å². The van der Waals surface area contributed by atoms with E-state index >= 15 is 0 Å². The number of amides is 1. The van der Waals surface area contributed by atoms with Gasteiger partial charge in [-0.15, -0.1) is 11.8 Å². The summed E-state index contributed by atoms with van der Waals surface area (Å²) in [6.07, 6.45) is 0. The molecule has 1 heterocycles. The molecule has 0 bridgehead atoms. The average molecular weight is 255 g/mol. The Bertz CT molecular complexity index is 400. The van der Waals surface area contributed by atoms with Crippen LogP contribution in [0.3, 0.4) is 0 Å². The molecule has 2 rings (SSSR count). The number of hydrogen-bond acceptors (Lipinski definition) is 2. The minimum absolute atomic E-state index is 0.113. The first-order valence-electron chi connectivity index (χ1n) is 5.73. The van der Waals surface area contributed by atoms with E-state index in [0.29, 0.717) is 11.4 Å². The van der Waals surface area contributed by atoms with E-state index in [2.05, 4.69) is 5.32 Å². The first-order chi connectivity index (χ1) is 8.25. The fourth-order valence-corrected chi connectivity index (χ4v) is 2.83. The van der Waals surface area contributed by atoms with Gasteiger partial charge in [0.25, 0.3) is 5.91 Å². The zero-order valence-corrected chi connectivity index (χ0v) is 10.4. The van der Waals surface area contributed by atoms with Crippen LogP contribution in [0.4, 0.5) is 4.39 Å². The zero-order valence-electron chi connectivity index (χ0n) is 9.54. The normalized spacial score (nSPS) is 20.1. The fraction of sp³-hybridized carbons (Fsp3) is 0.417. The summed E-state index contributed by atoms with van der Waals surface area (Å²) in [5, 5.41) is 2.80. The highest BCUT2D eigenvalue weighted by Gasteiger charge is 2.18. The monoisotopic (exact) mass is 255 g/mol. The number of nitrogens with one attached hydrogen (secondary N) is 2. The number of hydrogen-bond donors (Lipinski definition) is 2. The minimum Gasteiger partial charge on any atom is -0.346 e. The molecule has 1 atom stereocenters. The van der Waals surface area contributed by atoms with Gasteiger partial charge in [-0.05, 0) is 12.1 Å². The van der Waals surface area contributed by atoms with E-state index in [9.17, 15) is 9.18 Å². The fourth-order valence-electron chi connectivity index (χ4n) is 1.84. The first kappa shape index (κ1) is 12.4. The Kier molecular flexibility index (Phi) is 4.39. The van der Waals surface area contributed by atoms with Crippen LogP contribution in [0.2, 0.25) is 0 Å². The van der Waals surface area contributed by atoms with Crippen LogP contribution in [0, 0.1) is 5.82 Å². The van der Waals surface area contributed by atoms with Crippen LogP contribution in [-0.2, 0) is 4.79 Å². The molecular formula is C12H16FN2OS+. The summed E-state index contributed by atoms with van der Waals surface area (Å²) in [6, 6.07) is 6.80. The van der Waals surface area contributed by atoms with Crippen molar-refractivity contribution in [2.45, 2.75) is 4.90 Å². The smallest absolute Gasteiger partial charge is 0.275 e. The maximum atomic E-state index is 13.3. The minimum atomic E-state index is -0.163. The number of benzene rings is 1. The molecule has 1 aliphatic rings. The van der Waals surface area contributed by atoms with Gasteiger partial charge in [0.15, 0.2) is 6.54 Å². The van der Waals surface area contributed by atoms with Gasteiger partial charge in [-0.1, -0.05) is 12.1 Å². The Hall–Kier alpha value is -1.07. The molecule has 0 radical (unpaired) electrons. The summed E-state index contributed by atoms with van der Waals surface area (Å²) in [7, 11) is 0. The summed E-state index contributed by atoms with van der Waals surface area (Å²) in [5.41, 5.74) is 0. The van der Waals surface area contributed by atoms with Crippen LogP contribution in [0.15, 0.2) is 29.2 Å². The third-order valence-corrected chi connectivity index (χ3v) is 3.81. The predicted molar refractivity (Wildman–Crippen MR) is 65.7 cm³/mol. The van der Waals surface area contributed by atoms with E-state index in [1.807, 2.05) is 6.07 Å². The SMILES string of the molecule is O=C1C[NH+](CCSc2ccccc2F)CCN1. The zero-order chi connectivity index (χ0) is 12.1. The van der Waals surface area contributed by atoms with Crippen LogP contribution >= 0.6 is 11.8 Å². The molecule has 1 unspecified atom stereocenters. The van der Waals surface area contributed by atoms with Crippen molar-refractivity contribution < 1.29 is 14.1 Å². The highest BCUT2D eigenvalue weighted by molar-refractivity contribution is 7.99. The Morgan fingerprint density at radius 2 is 2.24 bits per heavy atom. The van der Waals surface area contributed by atoms with Crippen molar-refractivity contribution in [3.8, 4) is 0 Å². The summed E-state index contributed by atoms with van der Waals surface area (Å²) in [4.78, 5) is 13.1. The Morgan fingerprint density at radius 1 is 1.41 bits per heavy atom. The molecular weight excluding hydrogens is 239 g/mol.